The number of fused-ring (bicyclic) bond motifs is 1. The van der Waals surface area contributed by atoms with Crippen molar-refractivity contribution in [2.24, 2.45) is 11.8 Å². The van der Waals surface area contributed by atoms with E-state index in [4.69, 9.17) is 9.47 Å². The summed E-state index contributed by atoms with van der Waals surface area (Å²) >= 11 is 0. The van der Waals surface area contributed by atoms with Crippen LogP contribution in [0.4, 0.5) is 0 Å². The highest BCUT2D eigenvalue weighted by atomic mass is 16.6. The minimum atomic E-state index is -1.15. The third kappa shape index (κ3) is 4.31. The number of likely N-dealkylation sites (tertiary alicyclic amines) is 1. The predicted octanol–water partition coefficient (Wildman–Crippen LogP) is 3.79. The van der Waals surface area contributed by atoms with Gasteiger partial charge in [-0.25, -0.2) is 0 Å². The molecule has 3 saturated heterocycles. The van der Waals surface area contributed by atoms with Gasteiger partial charge in [-0.1, -0.05) is 62.6 Å². The number of benzene rings is 1. The molecule has 212 valence electrons. The molecule has 4 aliphatic rings. The largest absolute Gasteiger partial charge is 0.466 e. The van der Waals surface area contributed by atoms with E-state index in [0.29, 0.717) is 25.8 Å². The maximum Gasteiger partial charge on any atom is 0.312 e. The summed E-state index contributed by atoms with van der Waals surface area (Å²) in [6.07, 6.45) is 8.43. The first-order chi connectivity index (χ1) is 18.9. The number of carbonyl (C=O) groups is 3. The van der Waals surface area contributed by atoms with E-state index in [2.05, 4.69) is 6.58 Å². The van der Waals surface area contributed by atoms with Crippen molar-refractivity contribution in [2.75, 3.05) is 19.8 Å². The van der Waals surface area contributed by atoms with Gasteiger partial charge in [0, 0.05) is 12.6 Å². The van der Waals surface area contributed by atoms with Gasteiger partial charge in [0.2, 0.25) is 11.8 Å². The summed E-state index contributed by atoms with van der Waals surface area (Å²) in [5, 5.41) is 10.7. The molecule has 1 spiro atoms. The molecule has 3 aliphatic heterocycles. The maximum atomic E-state index is 14.8. The SMILES string of the molecule is C=CCN(C(=O)C1N([C@H](CO)c2ccccc2)C(=O)[C@@H]2[C@@H](C(=O)OCC)[C@@]3(CC)CCC12O3)C1CCCCC1. The molecule has 3 heterocycles. The first-order valence-corrected chi connectivity index (χ1v) is 14.6. The van der Waals surface area contributed by atoms with Gasteiger partial charge in [0.1, 0.15) is 17.6 Å². The van der Waals surface area contributed by atoms with Crippen molar-refractivity contribution in [3.63, 3.8) is 0 Å². The molecule has 8 heteroatoms. The van der Waals surface area contributed by atoms with Gasteiger partial charge in [0.05, 0.1) is 30.8 Å². The van der Waals surface area contributed by atoms with Crippen LogP contribution in [0.2, 0.25) is 0 Å². The van der Waals surface area contributed by atoms with Crippen LogP contribution < -0.4 is 0 Å². The van der Waals surface area contributed by atoms with Gasteiger partial charge in [0.15, 0.2) is 0 Å². The number of rotatable bonds is 10. The summed E-state index contributed by atoms with van der Waals surface area (Å²) in [5.41, 5.74) is -1.26. The van der Waals surface area contributed by atoms with Crippen molar-refractivity contribution in [2.45, 2.75) is 94.5 Å². The highest BCUT2D eigenvalue weighted by Crippen LogP contribution is 2.65. The summed E-state index contributed by atoms with van der Waals surface area (Å²) in [6.45, 7) is 7.87. The Bertz CT molecular complexity index is 1090. The average Bonchev–Trinajstić information content (AvgIpc) is 3.57. The van der Waals surface area contributed by atoms with Crippen molar-refractivity contribution < 1.29 is 29.0 Å². The summed E-state index contributed by atoms with van der Waals surface area (Å²) in [7, 11) is 0. The fraction of sp³-hybridized carbons (Fsp3) is 0.645. The number of ether oxygens (including phenoxy) is 2. The molecule has 39 heavy (non-hydrogen) atoms. The molecule has 1 aliphatic carbocycles. The second-order valence-corrected chi connectivity index (χ2v) is 11.5. The van der Waals surface area contributed by atoms with E-state index >= 15 is 0 Å². The van der Waals surface area contributed by atoms with E-state index in [1.807, 2.05) is 42.2 Å². The first kappa shape index (κ1) is 27.8. The van der Waals surface area contributed by atoms with Crippen LogP contribution in [-0.2, 0) is 23.9 Å². The monoisotopic (exact) mass is 538 g/mol. The normalized spacial score (nSPS) is 32.6. The average molecular weight is 539 g/mol. The van der Waals surface area contributed by atoms with E-state index in [1.54, 1.807) is 17.9 Å². The smallest absolute Gasteiger partial charge is 0.312 e. The number of carbonyl (C=O) groups excluding carboxylic acids is 3. The molecule has 0 aromatic heterocycles. The molecule has 1 aromatic rings. The number of nitrogens with zero attached hydrogens (tertiary/aromatic N) is 2. The zero-order chi connectivity index (χ0) is 27.8. The number of amides is 2. The van der Waals surface area contributed by atoms with Crippen LogP contribution in [0, 0.1) is 11.8 Å². The molecule has 2 bridgehead atoms. The molecule has 0 radical (unpaired) electrons. The predicted molar refractivity (Wildman–Crippen MR) is 145 cm³/mol. The van der Waals surface area contributed by atoms with Crippen LogP contribution in [0.1, 0.15) is 76.8 Å². The quantitative estimate of drug-likeness (QED) is 0.360. The highest BCUT2D eigenvalue weighted by molar-refractivity contribution is 5.99. The molecule has 8 nitrogen and oxygen atoms in total. The highest BCUT2D eigenvalue weighted by Gasteiger charge is 2.79. The minimum Gasteiger partial charge on any atom is -0.466 e. The lowest BCUT2D eigenvalue weighted by Crippen LogP contribution is -2.59. The Morgan fingerprint density at radius 2 is 1.92 bits per heavy atom. The van der Waals surface area contributed by atoms with Gasteiger partial charge in [-0.2, -0.15) is 0 Å². The van der Waals surface area contributed by atoms with Crippen molar-refractivity contribution in [1.29, 1.82) is 0 Å². The van der Waals surface area contributed by atoms with E-state index in [9.17, 15) is 19.5 Å². The number of hydrogen-bond donors (Lipinski definition) is 1. The van der Waals surface area contributed by atoms with Gasteiger partial charge >= 0.3 is 5.97 Å². The zero-order valence-electron chi connectivity index (χ0n) is 23.2. The van der Waals surface area contributed by atoms with Gasteiger partial charge in [0.25, 0.3) is 0 Å². The number of aliphatic hydroxyl groups excluding tert-OH is 1. The lowest BCUT2D eigenvalue weighted by atomic mass is 9.65. The fourth-order valence-corrected chi connectivity index (χ4v) is 8.00. The lowest BCUT2D eigenvalue weighted by Gasteiger charge is -2.42. The molecule has 2 amide bonds. The topological polar surface area (TPSA) is 96.4 Å². The summed E-state index contributed by atoms with van der Waals surface area (Å²) < 4.78 is 12.4. The Labute approximate surface area is 231 Å². The van der Waals surface area contributed by atoms with Crippen LogP contribution in [-0.4, -0.2) is 75.7 Å². The third-order valence-electron chi connectivity index (χ3n) is 9.71. The number of aliphatic hydroxyl groups is 1. The summed E-state index contributed by atoms with van der Waals surface area (Å²) in [4.78, 5) is 46.2. The molecule has 1 N–H and O–H groups in total. The molecule has 2 unspecified atom stereocenters. The molecule has 5 rings (SSSR count). The second kappa shape index (κ2) is 11.0. The zero-order valence-corrected chi connectivity index (χ0v) is 23.2. The standard InChI is InChI=1S/C31H42N2O6/c1-4-19-32(22-15-11-8-12-16-22)28(36)26-31-18-17-30(5-2,39-31)25(29(37)38-6-3)24(31)27(35)33(26)23(20-34)21-13-9-7-10-14-21/h4,7,9-10,13-14,22-26,34H,1,5-6,8,11-12,15-20H2,2-3H3/t23-,24+,25+,26?,30-,31?/m1/s1. The van der Waals surface area contributed by atoms with Crippen LogP contribution in [0.3, 0.4) is 0 Å². The Kier molecular flexibility index (Phi) is 7.89. The molecule has 1 saturated carbocycles. The van der Waals surface area contributed by atoms with Gasteiger partial charge in [-0.05, 0) is 44.6 Å². The third-order valence-corrected chi connectivity index (χ3v) is 9.71. The van der Waals surface area contributed by atoms with Gasteiger partial charge in [-0.3, -0.25) is 14.4 Å². The van der Waals surface area contributed by atoms with Crippen LogP contribution in [0.5, 0.6) is 0 Å². The number of esters is 1. The molecule has 6 atom stereocenters. The summed E-state index contributed by atoms with van der Waals surface area (Å²) in [6, 6.07) is 7.67. The van der Waals surface area contributed by atoms with Gasteiger partial charge in [-0.15, -0.1) is 6.58 Å². The van der Waals surface area contributed by atoms with Crippen LogP contribution >= 0.6 is 0 Å². The van der Waals surface area contributed by atoms with Crippen molar-refractivity contribution in [3.8, 4) is 0 Å². The Balaban J connectivity index is 1.64. The van der Waals surface area contributed by atoms with Crippen LogP contribution in [0.25, 0.3) is 0 Å². The molecular formula is C31H42N2O6. The minimum absolute atomic E-state index is 0.0561. The summed E-state index contributed by atoms with van der Waals surface area (Å²) in [5.74, 6) is -2.56. The second-order valence-electron chi connectivity index (χ2n) is 11.5. The first-order valence-electron chi connectivity index (χ1n) is 14.6. The Morgan fingerprint density at radius 3 is 2.54 bits per heavy atom. The molecular weight excluding hydrogens is 496 g/mol. The van der Waals surface area contributed by atoms with Crippen molar-refractivity contribution in [1.82, 2.24) is 9.80 Å². The lowest BCUT2D eigenvalue weighted by molar-refractivity contribution is -0.164. The van der Waals surface area contributed by atoms with E-state index in [0.717, 1.165) is 37.7 Å². The number of hydrogen-bond acceptors (Lipinski definition) is 6. The van der Waals surface area contributed by atoms with Gasteiger partial charge < -0.3 is 24.4 Å². The molecule has 4 fully saturated rings. The molecule has 1 aromatic carbocycles. The van der Waals surface area contributed by atoms with Crippen molar-refractivity contribution in [3.05, 3.63) is 48.6 Å². The maximum absolute atomic E-state index is 14.8. The fourth-order valence-electron chi connectivity index (χ4n) is 8.00. The Morgan fingerprint density at radius 1 is 1.21 bits per heavy atom. The van der Waals surface area contributed by atoms with E-state index < -0.39 is 41.1 Å². The van der Waals surface area contributed by atoms with E-state index in [-0.39, 0.29) is 31.1 Å². The van der Waals surface area contributed by atoms with Crippen molar-refractivity contribution >= 4 is 17.8 Å². The van der Waals surface area contributed by atoms with E-state index in [1.165, 1.54) is 0 Å². The van der Waals surface area contributed by atoms with Crippen LogP contribution in [0.15, 0.2) is 43.0 Å². The Hall–Kier alpha value is -2.71.